The molecular formula is C114H76N6S2Si. The molecule has 4 heterocycles. The highest BCUT2D eigenvalue weighted by Gasteiger charge is 2.42. The van der Waals surface area contributed by atoms with Crippen LogP contribution in [-0.2, 0) is 0 Å². The van der Waals surface area contributed by atoms with Crippen LogP contribution in [0.3, 0.4) is 0 Å². The van der Waals surface area contributed by atoms with Crippen LogP contribution in [0.25, 0.3) is 187 Å². The van der Waals surface area contributed by atoms with Crippen molar-refractivity contribution in [2.75, 3.05) is 0 Å². The number of hydrogen-bond donors (Lipinski definition) is 0. The average Bonchev–Trinajstić information content (AvgIpc) is 1.69. The smallest absolute Gasteiger partial charge is 0.179 e. The summed E-state index contributed by atoms with van der Waals surface area (Å²) in [5.41, 5.74) is 22.2. The van der Waals surface area contributed by atoms with Gasteiger partial charge in [-0.25, -0.2) is 29.9 Å². The number of nitrogens with zero attached hydrogens (tertiary/aromatic N) is 6. The lowest BCUT2D eigenvalue weighted by Crippen LogP contribution is -2.74. The summed E-state index contributed by atoms with van der Waals surface area (Å²) in [6, 6.07) is 165. The van der Waals surface area contributed by atoms with Crippen molar-refractivity contribution in [3.63, 3.8) is 0 Å². The minimum atomic E-state index is -2.82. The first-order valence-corrected chi connectivity index (χ1v) is 45.1. The lowest BCUT2D eigenvalue weighted by molar-refractivity contribution is 1.07. The van der Waals surface area contributed by atoms with E-state index in [0.717, 1.165) is 50.1 Å². The first-order chi connectivity index (χ1) is 60.9. The third-order valence-corrected chi connectivity index (χ3v) is 30.2. The fourth-order valence-electron chi connectivity index (χ4n) is 17.3. The molecule has 0 spiro atoms. The van der Waals surface area contributed by atoms with Gasteiger partial charge in [0.15, 0.2) is 43.0 Å². The molecule has 0 atom stereocenters. The molecule has 578 valence electrons. The highest BCUT2D eigenvalue weighted by atomic mass is 32.1. The maximum Gasteiger partial charge on any atom is 0.179 e. The minimum Gasteiger partial charge on any atom is -0.208 e. The second-order valence-corrected chi connectivity index (χ2v) is 36.7. The second kappa shape index (κ2) is 33.4. The molecule has 0 amide bonds. The molecule has 0 saturated heterocycles. The van der Waals surface area contributed by atoms with Gasteiger partial charge in [-0.1, -0.05) is 394 Å². The van der Waals surface area contributed by atoms with Crippen LogP contribution in [-0.4, -0.2) is 38.0 Å². The molecule has 9 heteroatoms. The molecule has 0 bridgehead atoms. The molecule has 18 aromatic carbocycles. The van der Waals surface area contributed by atoms with E-state index < -0.39 is 8.07 Å². The summed E-state index contributed by atoms with van der Waals surface area (Å²) < 4.78 is 5.12. The van der Waals surface area contributed by atoms with E-state index in [1.54, 1.807) is 0 Å². The summed E-state index contributed by atoms with van der Waals surface area (Å²) >= 11 is 3.74. The van der Waals surface area contributed by atoms with Gasteiger partial charge in [-0.2, -0.15) is 0 Å². The van der Waals surface area contributed by atoms with Gasteiger partial charge in [-0.15, -0.1) is 22.7 Å². The fourth-order valence-corrected chi connectivity index (χ4v) is 24.5. The number of rotatable bonds is 17. The summed E-state index contributed by atoms with van der Waals surface area (Å²) in [7, 11) is -2.82. The van der Waals surface area contributed by atoms with E-state index in [2.05, 4.69) is 340 Å². The first kappa shape index (κ1) is 75.1. The van der Waals surface area contributed by atoms with Crippen LogP contribution in [0.5, 0.6) is 0 Å². The number of fused-ring (bicyclic) bond motifs is 6. The summed E-state index contributed by atoms with van der Waals surface area (Å²) in [5.74, 6) is 3.88. The molecule has 0 fully saturated rings. The highest BCUT2D eigenvalue weighted by Crippen LogP contribution is 2.46. The predicted octanol–water partition coefficient (Wildman–Crippen LogP) is 27.5. The van der Waals surface area contributed by atoms with Gasteiger partial charge in [0.1, 0.15) is 0 Å². The Kier molecular flexibility index (Phi) is 20.4. The van der Waals surface area contributed by atoms with Crippen molar-refractivity contribution in [1.82, 2.24) is 29.9 Å². The zero-order valence-electron chi connectivity index (χ0n) is 66.9. The Morgan fingerprint density at radius 1 is 0.146 bits per heavy atom. The number of benzene rings is 18. The summed E-state index contributed by atoms with van der Waals surface area (Å²) in [4.78, 5) is 29.9. The topological polar surface area (TPSA) is 77.3 Å². The van der Waals surface area contributed by atoms with Crippen molar-refractivity contribution in [3.8, 4) is 146 Å². The summed E-state index contributed by atoms with van der Waals surface area (Å²) in [6.07, 6.45) is 0. The Morgan fingerprint density at radius 2 is 0.398 bits per heavy atom. The Bertz CT molecular complexity index is 7300. The zero-order chi connectivity index (χ0) is 81.8. The molecule has 0 unspecified atom stereocenters. The maximum absolute atomic E-state index is 5.05. The standard InChI is InChI=1S/C57H39N3SSi.C57H37N3S/c1-6-20-40(21-7-1)55-58-56(41-22-8-2-9-23-41)60-57(59-55)45-27-19-25-43(37-45)42-24-18-26-44(36-42)51-38-49(39-53-54(51)50-34-16-17-35-52(50)61-53)62(46-28-10-3-11-29-46,47-30-12-4-13-31-47)48-32-14-5-15-33-48;1-5-16-38(17-6-1)46-33-47(39-18-7-2-8-19-39)35-48(34-46)44-24-15-25-45(32-44)49-36-51(54-50-26-13-14-27-52(50)61-53(54)37-49)40-28-30-43(31-29-40)57-59-55(41-20-9-3-10-21-41)58-56(60-57)42-22-11-4-12-23-42/h1-39H;1-37H. The van der Waals surface area contributed by atoms with Gasteiger partial charge >= 0.3 is 0 Å². The minimum absolute atomic E-state index is 0.638. The quantitative estimate of drug-likeness (QED) is 0.0668. The van der Waals surface area contributed by atoms with Crippen molar-refractivity contribution in [2.45, 2.75) is 0 Å². The Labute approximate surface area is 723 Å². The van der Waals surface area contributed by atoms with E-state index >= 15 is 0 Å². The van der Waals surface area contributed by atoms with E-state index in [0.29, 0.717) is 34.9 Å². The molecule has 6 nitrogen and oxygen atoms in total. The maximum atomic E-state index is 5.05. The van der Waals surface area contributed by atoms with Gasteiger partial charge in [0.25, 0.3) is 0 Å². The van der Waals surface area contributed by atoms with Crippen molar-refractivity contribution >= 4 is 91.8 Å². The van der Waals surface area contributed by atoms with Crippen LogP contribution in [0.1, 0.15) is 0 Å². The van der Waals surface area contributed by atoms with Crippen molar-refractivity contribution in [1.29, 1.82) is 0 Å². The normalized spacial score (nSPS) is 11.4. The van der Waals surface area contributed by atoms with Crippen molar-refractivity contribution in [2.24, 2.45) is 0 Å². The van der Waals surface area contributed by atoms with Crippen molar-refractivity contribution in [3.05, 3.63) is 461 Å². The highest BCUT2D eigenvalue weighted by molar-refractivity contribution is 7.27. The molecule has 0 saturated carbocycles. The summed E-state index contributed by atoms with van der Waals surface area (Å²) in [6.45, 7) is 0. The Hall–Kier alpha value is -15.4. The number of thiophene rings is 2. The molecule has 0 N–H and O–H groups in total. The van der Waals surface area contributed by atoms with Gasteiger partial charge in [0.05, 0.1) is 0 Å². The monoisotopic (exact) mass is 1620 g/mol. The van der Waals surface area contributed by atoms with Gasteiger partial charge < -0.3 is 0 Å². The molecule has 22 aromatic rings. The Balaban J connectivity index is 0.000000151. The molecular weight excluding hydrogens is 1550 g/mol. The number of aromatic nitrogens is 6. The van der Waals surface area contributed by atoms with E-state index in [-0.39, 0.29) is 0 Å². The largest absolute Gasteiger partial charge is 0.208 e. The molecule has 4 aromatic heterocycles. The first-order valence-electron chi connectivity index (χ1n) is 41.4. The van der Waals surface area contributed by atoms with Crippen LogP contribution >= 0.6 is 22.7 Å². The molecule has 0 aliphatic rings. The molecule has 123 heavy (non-hydrogen) atoms. The van der Waals surface area contributed by atoms with E-state index in [4.69, 9.17) is 29.9 Å². The third kappa shape index (κ3) is 15.0. The predicted molar refractivity (Wildman–Crippen MR) is 520 cm³/mol. The molecule has 0 aliphatic carbocycles. The van der Waals surface area contributed by atoms with Crippen LogP contribution in [0.4, 0.5) is 0 Å². The Morgan fingerprint density at radius 3 is 0.797 bits per heavy atom. The van der Waals surface area contributed by atoms with Crippen molar-refractivity contribution < 1.29 is 0 Å². The number of hydrogen-bond acceptors (Lipinski definition) is 8. The SMILES string of the molecule is c1ccc(-c2cc(-c3ccccc3)cc(-c3cccc(-c4cc(-c5ccc(-c6nc(-c7ccccc7)nc(-c7ccccc7)n6)cc5)c5c(c4)sc4ccccc45)c3)c2)cc1.c1ccc(-c2nc(-c3ccccc3)nc(-c3cccc(-c4cccc(-c5cc([Si](c6ccccc6)(c6ccccc6)c6ccccc6)cc6sc7ccccc7c56)c4)c3)n2)cc1. The fraction of sp³-hybridized carbons (Fsp3) is 0. The van der Waals surface area contributed by atoms with Crippen LogP contribution in [0.15, 0.2) is 461 Å². The van der Waals surface area contributed by atoms with Gasteiger partial charge in [-0.3, -0.25) is 0 Å². The zero-order valence-corrected chi connectivity index (χ0v) is 69.5. The van der Waals surface area contributed by atoms with Crippen LogP contribution in [0.2, 0.25) is 0 Å². The lowest BCUT2D eigenvalue weighted by Gasteiger charge is -2.35. The molecule has 22 rings (SSSR count). The van der Waals surface area contributed by atoms with Crippen LogP contribution < -0.4 is 20.7 Å². The van der Waals surface area contributed by atoms with E-state index in [9.17, 15) is 0 Å². The molecule has 0 aliphatic heterocycles. The van der Waals surface area contributed by atoms with Gasteiger partial charge in [-0.05, 0) is 165 Å². The average molecular weight is 1620 g/mol. The second-order valence-electron chi connectivity index (χ2n) is 30.8. The van der Waals surface area contributed by atoms with E-state index in [1.165, 1.54) is 122 Å². The van der Waals surface area contributed by atoms with Gasteiger partial charge in [0.2, 0.25) is 0 Å². The van der Waals surface area contributed by atoms with E-state index in [1.807, 2.05) is 144 Å². The molecule has 0 radical (unpaired) electrons. The summed E-state index contributed by atoms with van der Waals surface area (Å²) in [5, 5.41) is 10.6. The van der Waals surface area contributed by atoms with Gasteiger partial charge in [0, 0.05) is 73.7 Å². The van der Waals surface area contributed by atoms with Crippen LogP contribution in [0, 0.1) is 0 Å². The lowest BCUT2D eigenvalue weighted by atomic mass is 9.91. The third-order valence-electron chi connectivity index (χ3n) is 23.2.